The molecule has 0 N–H and O–H groups in total. The summed E-state index contributed by atoms with van der Waals surface area (Å²) in [6, 6.07) is 0.191. The molecular weight excluding hydrogens is 340 g/mol. The third kappa shape index (κ3) is 4.61. The average Bonchev–Trinajstić information content (AvgIpc) is 2.61. The molecule has 2 atom stereocenters. The van der Waals surface area contributed by atoms with Crippen LogP contribution in [0, 0.1) is 5.92 Å². The predicted molar refractivity (Wildman–Crippen MR) is 95.5 cm³/mol. The number of carbonyl (C=O) groups excluding carboxylic acids is 2. The van der Waals surface area contributed by atoms with Crippen LogP contribution in [-0.2, 0) is 19.6 Å². The maximum Gasteiger partial charge on any atom is 0.222 e. The minimum atomic E-state index is -3.28. The van der Waals surface area contributed by atoms with Crippen LogP contribution in [0.5, 0.6) is 0 Å². The Morgan fingerprint density at radius 1 is 1.00 bits per heavy atom. The molecule has 2 unspecified atom stereocenters. The summed E-state index contributed by atoms with van der Waals surface area (Å²) >= 11 is 0. The number of hydrogen-bond acceptors (Lipinski definition) is 4. The lowest BCUT2D eigenvalue weighted by Gasteiger charge is -2.43. The fourth-order valence-electron chi connectivity index (χ4n) is 4.61. The highest BCUT2D eigenvalue weighted by Gasteiger charge is 2.38. The van der Waals surface area contributed by atoms with Crippen LogP contribution in [0.2, 0.25) is 0 Å². The number of piperidine rings is 2. The Balaban J connectivity index is 1.49. The molecule has 0 aromatic rings. The quantitative estimate of drug-likeness (QED) is 0.741. The van der Waals surface area contributed by atoms with Crippen LogP contribution in [0.15, 0.2) is 0 Å². The van der Waals surface area contributed by atoms with Crippen molar-refractivity contribution >= 4 is 21.7 Å². The van der Waals surface area contributed by atoms with E-state index in [2.05, 4.69) is 0 Å². The van der Waals surface area contributed by atoms with Gasteiger partial charge >= 0.3 is 0 Å². The van der Waals surface area contributed by atoms with Crippen molar-refractivity contribution in [1.29, 1.82) is 0 Å². The summed E-state index contributed by atoms with van der Waals surface area (Å²) < 4.78 is 27.3. The topological polar surface area (TPSA) is 74.8 Å². The minimum Gasteiger partial charge on any atom is -0.342 e. The van der Waals surface area contributed by atoms with Gasteiger partial charge in [0.2, 0.25) is 15.9 Å². The number of fused-ring (bicyclic) bond motifs is 1. The van der Waals surface area contributed by atoms with Crippen molar-refractivity contribution in [1.82, 2.24) is 9.21 Å². The summed E-state index contributed by atoms with van der Waals surface area (Å²) in [7, 11) is -3.28. The average molecular weight is 371 g/mol. The van der Waals surface area contributed by atoms with Gasteiger partial charge in [0.15, 0.2) is 0 Å². The van der Waals surface area contributed by atoms with Gasteiger partial charge in [0.05, 0.1) is 5.75 Å². The highest BCUT2D eigenvalue weighted by atomic mass is 32.2. The molecule has 6 nitrogen and oxygen atoms in total. The van der Waals surface area contributed by atoms with Crippen LogP contribution in [0.4, 0.5) is 0 Å². The summed E-state index contributed by atoms with van der Waals surface area (Å²) in [5, 5.41) is 0. The third-order valence-electron chi connectivity index (χ3n) is 6.02. The van der Waals surface area contributed by atoms with Gasteiger partial charge in [-0.15, -0.1) is 0 Å². The van der Waals surface area contributed by atoms with Crippen LogP contribution < -0.4 is 0 Å². The second-order valence-electron chi connectivity index (χ2n) is 7.70. The van der Waals surface area contributed by atoms with Crippen LogP contribution in [0.3, 0.4) is 0 Å². The van der Waals surface area contributed by atoms with E-state index in [1.54, 1.807) is 9.21 Å². The number of amides is 1. The molecule has 0 aromatic carbocycles. The Bertz CT molecular complexity index is 592. The van der Waals surface area contributed by atoms with E-state index in [-0.39, 0.29) is 29.9 Å². The summed E-state index contributed by atoms with van der Waals surface area (Å²) in [6.07, 6.45) is 8.11. The van der Waals surface area contributed by atoms with Crippen molar-refractivity contribution in [2.75, 3.05) is 25.4 Å². The first kappa shape index (κ1) is 18.8. The Morgan fingerprint density at radius 2 is 1.68 bits per heavy atom. The fourth-order valence-corrected chi connectivity index (χ4v) is 6.45. The molecule has 3 aliphatic rings. The molecule has 3 rings (SSSR count). The van der Waals surface area contributed by atoms with E-state index in [0.717, 1.165) is 32.1 Å². The molecule has 0 aromatic heterocycles. The fraction of sp³-hybridized carbons (Fsp3) is 0.889. The number of Topliss-reactive ketones (excluding diaryl/α,β-unsaturated/α-hetero) is 1. The lowest BCUT2D eigenvalue weighted by molar-refractivity contribution is -0.134. The molecule has 3 fully saturated rings. The molecule has 2 aliphatic heterocycles. The second kappa shape index (κ2) is 8.16. The summed E-state index contributed by atoms with van der Waals surface area (Å²) in [5.74, 6) is 0.787. The lowest BCUT2D eigenvalue weighted by Crippen LogP contribution is -2.50. The SMILES string of the molecule is O=C1CCN(C(=O)CCCS(=O)(=O)N2CCCC3CCCCC32)CC1. The minimum absolute atomic E-state index is 0.0168. The summed E-state index contributed by atoms with van der Waals surface area (Å²) in [4.78, 5) is 25.1. The van der Waals surface area contributed by atoms with Gasteiger partial charge in [-0.25, -0.2) is 8.42 Å². The maximum atomic E-state index is 12.8. The normalized spacial score (nSPS) is 28.6. The van der Waals surface area contributed by atoms with E-state index in [1.807, 2.05) is 0 Å². The zero-order valence-corrected chi connectivity index (χ0v) is 15.8. The standard InChI is InChI=1S/C18H30N2O4S/c21-16-9-12-19(13-10-16)18(22)8-4-14-25(23,24)20-11-3-6-15-5-1-2-7-17(15)20/h15,17H,1-14H2. The van der Waals surface area contributed by atoms with Gasteiger partial charge in [-0.2, -0.15) is 4.31 Å². The Hall–Kier alpha value is -0.950. The smallest absolute Gasteiger partial charge is 0.222 e. The molecule has 0 radical (unpaired) electrons. The third-order valence-corrected chi connectivity index (χ3v) is 7.99. The molecule has 2 heterocycles. The second-order valence-corrected chi connectivity index (χ2v) is 9.74. The Morgan fingerprint density at radius 3 is 2.44 bits per heavy atom. The molecule has 1 saturated carbocycles. The van der Waals surface area contributed by atoms with Gasteiger partial charge in [0, 0.05) is 44.9 Å². The van der Waals surface area contributed by atoms with Gasteiger partial charge in [0.1, 0.15) is 5.78 Å². The number of rotatable bonds is 5. The van der Waals surface area contributed by atoms with Crippen molar-refractivity contribution in [2.24, 2.45) is 5.92 Å². The van der Waals surface area contributed by atoms with Crippen LogP contribution in [0.1, 0.15) is 64.2 Å². The van der Waals surface area contributed by atoms with Crippen LogP contribution in [0.25, 0.3) is 0 Å². The summed E-state index contributed by atoms with van der Waals surface area (Å²) in [5.41, 5.74) is 0. The lowest BCUT2D eigenvalue weighted by atomic mass is 9.79. The van der Waals surface area contributed by atoms with E-state index in [1.165, 1.54) is 6.42 Å². The first-order valence-corrected chi connectivity index (χ1v) is 11.4. The molecular formula is C18H30N2O4S. The highest BCUT2D eigenvalue weighted by Crippen LogP contribution is 2.36. The zero-order valence-electron chi connectivity index (χ0n) is 15.0. The van der Waals surface area contributed by atoms with Crippen LogP contribution in [-0.4, -0.2) is 60.7 Å². The van der Waals surface area contributed by atoms with Gasteiger partial charge in [-0.3, -0.25) is 9.59 Å². The first-order chi connectivity index (χ1) is 12.0. The van der Waals surface area contributed by atoms with Crippen molar-refractivity contribution in [3.63, 3.8) is 0 Å². The summed E-state index contributed by atoms with van der Waals surface area (Å²) in [6.45, 7) is 1.62. The van der Waals surface area contributed by atoms with E-state index >= 15 is 0 Å². The van der Waals surface area contributed by atoms with E-state index in [4.69, 9.17) is 0 Å². The molecule has 1 amide bonds. The zero-order chi connectivity index (χ0) is 17.9. The highest BCUT2D eigenvalue weighted by molar-refractivity contribution is 7.89. The molecule has 0 spiro atoms. The molecule has 0 bridgehead atoms. The predicted octanol–water partition coefficient (Wildman–Crippen LogP) is 1.94. The number of nitrogens with zero attached hydrogens (tertiary/aromatic N) is 2. The molecule has 1 aliphatic carbocycles. The van der Waals surface area contributed by atoms with Gasteiger partial charge in [0.25, 0.3) is 0 Å². The molecule has 2 saturated heterocycles. The number of carbonyl (C=O) groups is 2. The monoisotopic (exact) mass is 370 g/mol. The number of ketones is 1. The van der Waals surface area contributed by atoms with E-state index < -0.39 is 10.0 Å². The van der Waals surface area contributed by atoms with E-state index in [0.29, 0.717) is 44.8 Å². The van der Waals surface area contributed by atoms with Crippen molar-refractivity contribution in [2.45, 2.75) is 70.3 Å². The molecule has 25 heavy (non-hydrogen) atoms. The Kier molecular flexibility index (Phi) is 6.15. The first-order valence-electron chi connectivity index (χ1n) is 9.76. The largest absolute Gasteiger partial charge is 0.342 e. The molecule has 7 heteroatoms. The number of hydrogen-bond donors (Lipinski definition) is 0. The number of likely N-dealkylation sites (tertiary alicyclic amines) is 1. The molecule has 142 valence electrons. The van der Waals surface area contributed by atoms with Gasteiger partial charge in [-0.05, 0) is 38.0 Å². The maximum absolute atomic E-state index is 12.8. The number of sulfonamides is 1. The Labute approximate surface area is 151 Å². The van der Waals surface area contributed by atoms with E-state index in [9.17, 15) is 18.0 Å². The van der Waals surface area contributed by atoms with Crippen molar-refractivity contribution in [3.8, 4) is 0 Å². The van der Waals surface area contributed by atoms with Crippen LogP contribution >= 0.6 is 0 Å². The van der Waals surface area contributed by atoms with Crippen molar-refractivity contribution < 1.29 is 18.0 Å². The van der Waals surface area contributed by atoms with Gasteiger partial charge in [-0.1, -0.05) is 12.8 Å². The van der Waals surface area contributed by atoms with Gasteiger partial charge < -0.3 is 4.90 Å². The van der Waals surface area contributed by atoms with Crippen molar-refractivity contribution in [3.05, 3.63) is 0 Å².